The lowest BCUT2D eigenvalue weighted by atomic mass is 10.1. The molecule has 18 heavy (non-hydrogen) atoms. The van der Waals surface area contributed by atoms with E-state index in [2.05, 4.69) is 15.3 Å². The molecule has 1 fully saturated rings. The van der Waals surface area contributed by atoms with Crippen molar-refractivity contribution in [2.45, 2.75) is 45.3 Å². The molecular formula is C13H22N4O. The van der Waals surface area contributed by atoms with Crippen molar-refractivity contribution >= 4 is 5.95 Å². The molecule has 1 aliphatic rings. The lowest BCUT2D eigenvalue weighted by Crippen LogP contribution is -2.18. The van der Waals surface area contributed by atoms with Gasteiger partial charge >= 0.3 is 0 Å². The molecule has 1 aromatic rings. The highest BCUT2D eigenvalue weighted by Gasteiger charge is 2.21. The first-order valence-corrected chi connectivity index (χ1v) is 6.62. The standard InChI is InChI=1S/C13H22N4O/c1-9(2)18-12-5-6-15-13(17-12)16-8-10-3-4-11(14)7-10/h5-6,9-11H,3-4,7-8,14H2,1-2H3,(H,15,16,17). The molecule has 2 rings (SSSR count). The molecule has 0 bridgehead atoms. The van der Waals surface area contributed by atoms with E-state index in [0.717, 1.165) is 19.4 Å². The molecule has 5 nitrogen and oxygen atoms in total. The number of nitrogens with two attached hydrogens (primary N) is 1. The van der Waals surface area contributed by atoms with E-state index < -0.39 is 0 Å². The number of hydrogen-bond donors (Lipinski definition) is 2. The van der Waals surface area contributed by atoms with Crippen LogP contribution in [0.15, 0.2) is 12.3 Å². The third kappa shape index (κ3) is 3.84. The van der Waals surface area contributed by atoms with Crippen LogP contribution in [0.2, 0.25) is 0 Å². The van der Waals surface area contributed by atoms with Crippen molar-refractivity contribution in [2.24, 2.45) is 11.7 Å². The fraction of sp³-hybridized carbons (Fsp3) is 0.692. The second-order valence-corrected chi connectivity index (χ2v) is 5.21. The maximum Gasteiger partial charge on any atom is 0.225 e. The molecule has 1 aromatic heterocycles. The highest BCUT2D eigenvalue weighted by atomic mass is 16.5. The zero-order chi connectivity index (χ0) is 13.0. The number of aromatic nitrogens is 2. The van der Waals surface area contributed by atoms with E-state index in [9.17, 15) is 0 Å². The molecule has 0 amide bonds. The Bertz CT molecular complexity index is 383. The van der Waals surface area contributed by atoms with Crippen molar-refractivity contribution in [2.75, 3.05) is 11.9 Å². The Morgan fingerprint density at radius 3 is 3.00 bits per heavy atom. The number of nitrogens with one attached hydrogen (secondary N) is 1. The van der Waals surface area contributed by atoms with Gasteiger partial charge in [-0.05, 0) is 39.0 Å². The summed E-state index contributed by atoms with van der Waals surface area (Å²) in [5.41, 5.74) is 5.89. The first-order valence-electron chi connectivity index (χ1n) is 6.62. The summed E-state index contributed by atoms with van der Waals surface area (Å²) in [6, 6.07) is 2.14. The minimum absolute atomic E-state index is 0.126. The average Bonchev–Trinajstić information content (AvgIpc) is 2.72. The second-order valence-electron chi connectivity index (χ2n) is 5.21. The van der Waals surface area contributed by atoms with Crippen molar-refractivity contribution in [3.05, 3.63) is 12.3 Å². The smallest absolute Gasteiger partial charge is 0.225 e. The summed E-state index contributed by atoms with van der Waals surface area (Å²) in [5, 5.41) is 3.26. The minimum atomic E-state index is 0.126. The van der Waals surface area contributed by atoms with Crippen molar-refractivity contribution in [1.29, 1.82) is 0 Å². The van der Waals surface area contributed by atoms with Crippen LogP contribution in [0.3, 0.4) is 0 Å². The SMILES string of the molecule is CC(C)Oc1ccnc(NCC2CCC(N)C2)n1. The molecule has 1 saturated carbocycles. The highest BCUT2D eigenvalue weighted by Crippen LogP contribution is 2.24. The molecule has 1 aliphatic carbocycles. The summed E-state index contributed by atoms with van der Waals surface area (Å²) in [6.45, 7) is 4.85. The number of ether oxygens (including phenoxy) is 1. The minimum Gasteiger partial charge on any atom is -0.475 e. The normalized spacial score (nSPS) is 23.3. The number of nitrogens with zero attached hydrogens (tertiary/aromatic N) is 2. The molecule has 100 valence electrons. The van der Waals surface area contributed by atoms with Gasteiger partial charge in [0.15, 0.2) is 0 Å². The Kier molecular flexibility index (Phi) is 4.36. The molecule has 0 radical (unpaired) electrons. The quantitative estimate of drug-likeness (QED) is 0.833. The van der Waals surface area contributed by atoms with Crippen molar-refractivity contribution in [1.82, 2.24) is 9.97 Å². The first-order chi connectivity index (χ1) is 8.63. The molecule has 0 aliphatic heterocycles. The van der Waals surface area contributed by atoms with Crippen LogP contribution >= 0.6 is 0 Å². The molecule has 2 unspecified atom stereocenters. The van der Waals surface area contributed by atoms with Crippen LogP contribution < -0.4 is 15.8 Å². The molecular weight excluding hydrogens is 228 g/mol. The summed E-state index contributed by atoms with van der Waals surface area (Å²) in [7, 11) is 0. The zero-order valence-corrected chi connectivity index (χ0v) is 11.1. The average molecular weight is 250 g/mol. The van der Waals surface area contributed by atoms with Crippen molar-refractivity contribution < 1.29 is 4.74 Å². The van der Waals surface area contributed by atoms with E-state index >= 15 is 0 Å². The Balaban J connectivity index is 1.85. The molecule has 1 heterocycles. The summed E-state index contributed by atoms with van der Waals surface area (Å²) in [6.07, 6.45) is 5.25. The van der Waals surface area contributed by atoms with Gasteiger partial charge in [-0.2, -0.15) is 4.98 Å². The predicted molar refractivity (Wildman–Crippen MR) is 71.6 cm³/mol. The van der Waals surface area contributed by atoms with E-state index in [4.69, 9.17) is 10.5 Å². The van der Waals surface area contributed by atoms with Crippen LogP contribution in [0.25, 0.3) is 0 Å². The molecule has 0 spiro atoms. The van der Waals surface area contributed by atoms with E-state index in [0.29, 0.717) is 23.8 Å². The van der Waals surface area contributed by atoms with Gasteiger partial charge in [-0.15, -0.1) is 0 Å². The largest absolute Gasteiger partial charge is 0.475 e. The number of anilines is 1. The van der Waals surface area contributed by atoms with Gasteiger partial charge in [-0.1, -0.05) is 0 Å². The maximum atomic E-state index is 5.89. The molecule has 0 saturated heterocycles. The lowest BCUT2D eigenvalue weighted by molar-refractivity contribution is 0.232. The Hall–Kier alpha value is -1.36. The molecule has 2 atom stereocenters. The van der Waals surface area contributed by atoms with Gasteiger partial charge in [0.25, 0.3) is 0 Å². The monoisotopic (exact) mass is 250 g/mol. The lowest BCUT2D eigenvalue weighted by Gasteiger charge is -2.12. The Morgan fingerprint density at radius 2 is 2.33 bits per heavy atom. The van der Waals surface area contributed by atoms with E-state index in [1.165, 1.54) is 6.42 Å². The third-order valence-corrected chi connectivity index (χ3v) is 3.12. The van der Waals surface area contributed by atoms with Gasteiger partial charge < -0.3 is 15.8 Å². The fourth-order valence-corrected chi connectivity index (χ4v) is 2.27. The molecule has 5 heteroatoms. The third-order valence-electron chi connectivity index (χ3n) is 3.12. The van der Waals surface area contributed by atoms with Crippen LogP contribution in [-0.2, 0) is 0 Å². The van der Waals surface area contributed by atoms with Gasteiger partial charge in [0.2, 0.25) is 11.8 Å². The van der Waals surface area contributed by atoms with Crippen LogP contribution in [0, 0.1) is 5.92 Å². The van der Waals surface area contributed by atoms with E-state index in [-0.39, 0.29) is 6.10 Å². The maximum absolute atomic E-state index is 5.89. The van der Waals surface area contributed by atoms with Crippen LogP contribution in [0.4, 0.5) is 5.95 Å². The van der Waals surface area contributed by atoms with Gasteiger partial charge in [-0.3, -0.25) is 0 Å². The number of rotatable bonds is 5. The molecule has 0 aromatic carbocycles. The van der Waals surface area contributed by atoms with Crippen LogP contribution in [-0.4, -0.2) is 28.7 Å². The van der Waals surface area contributed by atoms with Gasteiger partial charge in [0, 0.05) is 24.8 Å². The molecule has 3 N–H and O–H groups in total. The highest BCUT2D eigenvalue weighted by molar-refractivity contribution is 5.27. The van der Waals surface area contributed by atoms with E-state index in [1.807, 2.05) is 13.8 Å². The fourth-order valence-electron chi connectivity index (χ4n) is 2.27. The second kappa shape index (κ2) is 6.00. The summed E-state index contributed by atoms with van der Waals surface area (Å²) in [5.74, 6) is 1.89. The van der Waals surface area contributed by atoms with Gasteiger partial charge in [0.05, 0.1) is 6.10 Å². The van der Waals surface area contributed by atoms with Crippen LogP contribution in [0.1, 0.15) is 33.1 Å². The topological polar surface area (TPSA) is 73.1 Å². The zero-order valence-electron chi connectivity index (χ0n) is 11.1. The van der Waals surface area contributed by atoms with Crippen LogP contribution in [0.5, 0.6) is 5.88 Å². The summed E-state index contributed by atoms with van der Waals surface area (Å²) >= 11 is 0. The van der Waals surface area contributed by atoms with Gasteiger partial charge in [-0.25, -0.2) is 4.98 Å². The Labute approximate surface area is 108 Å². The van der Waals surface area contributed by atoms with Gasteiger partial charge in [0.1, 0.15) is 0 Å². The van der Waals surface area contributed by atoms with Crippen molar-refractivity contribution in [3.8, 4) is 5.88 Å². The van der Waals surface area contributed by atoms with E-state index in [1.54, 1.807) is 12.3 Å². The first kappa shape index (κ1) is 13.1. The summed E-state index contributed by atoms with van der Waals surface area (Å²) < 4.78 is 5.53. The number of hydrogen-bond acceptors (Lipinski definition) is 5. The Morgan fingerprint density at radius 1 is 1.50 bits per heavy atom. The summed E-state index contributed by atoms with van der Waals surface area (Å²) in [4.78, 5) is 8.51. The predicted octanol–water partition coefficient (Wildman–Crippen LogP) is 1.80. The van der Waals surface area contributed by atoms with Crippen molar-refractivity contribution in [3.63, 3.8) is 0 Å².